The first-order valence-corrected chi connectivity index (χ1v) is 7.38. The lowest BCUT2D eigenvalue weighted by molar-refractivity contribution is -0.140. The zero-order valence-corrected chi connectivity index (χ0v) is 12.5. The number of rotatable bonds is 7. The van der Waals surface area contributed by atoms with Gasteiger partial charge < -0.3 is 4.90 Å². The van der Waals surface area contributed by atoms with E-state index in [-0.39, 0.29) is 31.1 Å². The third kappa shape index (κ3) is 5.31. The van der Waals surface area contributed by atoms with Crippen LogP contribution in [-0.4, -0.2) is 35.7 Å². The van der Waals surface area contributed by atoms with Crippen LogP contribution in [0.4, 0.5) is 13.2 Å². The van der Waals surface area contributed by atoms with Crippen molar-refractivity contribution in [2.24, 2.45) is 5.92 Å². The van der Waals surface area contributed by atoms with Gasteiger partial charge in [-0.15, -0.1) is 0 Å². The maximum atomic E-state index is 12.3. The monoisotopic (exact) mass is 294 g/mol. The van der Waals surface area contributed by atoms with Crippen LogP contribution in [0.3, 0.4) is 0 Å². The highest BCUT2D eigenvalue weighted by atomic mass is 19.4. The minimum atomic E-state index is -4.15. The Bertz CT molecular complexity index is 318. The summed E-state index contributed by atoms with van der Waals surface area (Å²) in [7, 11) is 0. The smallest absolute Gasteiger partial charge is 0.326 e. The molecule has 0 aromatic carbocycles. The molecule has 1 aliphatic rings. The molecule has 0 aromatic heterocycles. The molecule has 0 aromatic rings. The van der Waals surface area contributed by atoms with E-state index in [0.29, 0.717) is 5.92 Å². The molecule has 0 saturated carbocycles. The predicted molar refractivity (Wildman–Crippen MR) is 72.1 cm³/mol. The number of hydrogen-bond acceptors (Lipinski definition) is 2. The number of nitrogens with zero attached hydrogens (tertiary/aromatic N) is 1. The minimum Gasteiger partial charge on any atom is -0.326 e. The summed E-state index contributed by atoms with van der Waals surface area (Å²) < 4.78 is 36.6. The number of nitrogens with one attached hydrogen (secondary N) is 1. The van der Waals surface area contributed by atoms with Gasteiger partial charge >= 0.3 is 6.18 Å². The van der Waals surface area contributed by atoms with Gasteiger partial charge in [0.05, 0.1) is 12.2 Å². The summed E-state index contributed by atoms with van der Waals surface area (Å²) in [5.41, 5.74) is 0. The van der Waals surface area contributed by atoms with Crippen molar-refractivity contribution >= 4 is 5.91 Å². The highest BCUT2D eigenvalue weighted by molar-refractivity contribution is 5.84. The SMILES string of the molecule is CCCC1NC(CC(C)C)C(=O)N1CCCC(F)(F)F. The molecular formula is C14H25F3N2O. The van der Waals surface area contributed by atoms with E-state index >= 15 is 0 Å². The van der Waals surface area contributed by atoms with E-state index in [0.717, 1.165) is 19.3 Å². The molecule has 2 unspecified atom stereocenters. The first-order valence-electron chi connectivity index (χ1n) is 7.38. The van der Waals surface area contributed by atoms with Gasteiger partial charge in [-0.25, -0.2) is 0 Å². The second kappa shape index (κ2) is 7.29. The van der Waals surface area contributed by atoms with Crippen LogP contribution in [0, 0.1) is 5.92 Å². The van der Waals surface area contributed by atoms with Crippen LogP contribution in [0.25, 0.3) is 0 Å². The molecule has 1 heterocycles. The predicted octanol–water partition coefficient (Wildman–Crippen LogP) is 3.30. The van der Waals surface area contributed by atoms with Crippen molar-refractivity contribution in [2.75, 3.05) is 6.54 Å². The number of carbonyl (C=O) groups is 1. The normalized spacial score (nSPS) is 23.9. The van der Waals surface area contributed by atoms with Gasteiger partial charge in [0.15, 0.2) is 0 Å². The van der Waals surface area contributed by atoms with E-state index in [1.165, 1.54) is 0 Å². The summed E-state index contributed by atoms with van der Waals surface area (Å²) in [5.74, 6) is 0.341. The van der Waals surface area contributed by atoms with Gasteiger partial charge in [0.2, 0.25) is 5.91 Å². The molecule has 1 fully saturated rings. The summed E-state index contributed by atoms with van der Waals surface area (Å²) in [6.45, 7) is 6.27. The first-order chi connectivity index (χ1) is 9.24. The lowest BCUT2D eigenvalue weighted by Gasteiger charge is -2.24. The topological polar surface area (TPSA) is 32.3 Å². The molecule has 1 aliphatic heterocycles. The van der Waals surface area contributed by atoms with Gasteiger partial charge in [0.25, 0.3) is 0 Å². The largest absolute Gasteiger partial charge is 0.389 e. The van der Waals surface area contributed by atoms with E-state index in [2.05, 4.69) is 5.32 Å². The average molecular weight is 294 g/mol. The standard InChI is InChI=1S/C14H25F3N2O/c1-4-6-12-18-11(9-10(2)3)13(20)19(12)8-5-7-14(15,16)17/h10-12,18H,4-9H2,1-3H3. The van der Waals surface area contributed by atoms with Crippen LogP contribution in [0.1, 0.15) is 52.9 Å². The Labute approximate surface area is 118 Å². The number of alkyl halides is 3. The van der Waals surface area contributed by atoms with Crippen molar-refractivity contribution in [3.8, 4) is 0 Å². The van der Waals surface area contributed by atoms with Crippen molar-refractivity contribution in [3.05, 3.63) is 0 Å². The fourth-order valence-electron chi connectivity index (χ4n) is 2.62. The van der Waals surface area contributed by atoms with Gasteiger partial charge in [-0.05, 0) is 25.2 Å². The molecule has 0 bridgehead atoms. The summed E-state index contributed by atoms with van der Waals surface area (Å²) in [4.78, 5) is 13.9. The first kappa shape index (κ1) is 17.3. The van der Waals surface area contributed by atoms with Crippen molar-refractivity contribution in [3.63, 3.8) is 0 Å². The van der Waals surface area contributed by atoms with E-state index in [1.807, 2.05) is 20.8 Å². The number of hydrogen-bond donors (Lipinski definition) is 1. The summed E-state index contributed by atoms with van der Waals surface area (Å²) in [5, 5.41) is 3.27. The Hall–Kier alpha value is -0.780. The highest BCUT2D eigenvalue weighted by Gasteiger charge is 2.38. The second-order valence-corrected chi connectivity index (χ2v) is 5.90. The second-order valence-electron chi connectivity index (χ2n) is 5.90. The van der Waals surface area contributed by atoms with Crippen LogP contribution in [0.15, 0.2) is 0 Å². The van der Waals surface area contributed by atoms with Crippen molar-refractivity contribution in [1.82, 2.24) is 10.2 Å². The molecule has 0 spiro atoms. The van der Waals surface area contributed by atoms with Gasteiger partial charge in [-0.2, -0.15) is 13.2 Å². The molecule has 1 rings (SSSR count). The van der Waals surface area contributed by atoms with Crippen LogP contribution in [0.2, 0.25) is 0 Å². The number of carbonyl (C=O) groups excluding carboxylic acids is 1. The molecule has 1 amide bonds. The zero-order valence-electron chi connectivity index (χ0n) is 12.5. The van der Waals surface area contributed by atoms with Crippen molar-refractivity contribution < 1.29 is 18.0 Å². The molecular weight excluding hydrogens is 269 g/mol. The summed E-state index contributed by atoms with van der Waals surface area (Å²) in [6.07, 6.45) is -2.69. The lowest BCUT2D eigenvalue weighted by Crippen LogP contribution is -2.38. The molecule has 0 aliphatic carbocycles. The molecule has 6 heteroatoms. The molecule has 1 N–H and O–H groups in total. The summed E-state index contributed by atoms with van der Waals surface area (Å²) in [6, 6.07) is -0.238. The van der Waals surface area contributed by atoms with Crippen molar-refractivity contribution in [1.29, 1.82) is 0 Å². The Morgan fingerprint density at radius 2 is 2.00 bits per heavy atom. The van der Waals surface area contributed by atoms with Crippen LogP contribution in [-0.2, 0) is 4.79 Å². The number of halogens is 3. The van der Waals surface area contributed by atoms with E-state index in [4.69, 9.17) is 0 Å². The highest BCUT2D eigenvalue weighted by Crippen LogP contribution is 2.24. The van der Waals surface area contributed by atoms with E-state index < -0.39 is 12.6 Å². The maximum absolute atomic E-state index is 12.3. The van der Waals surface area contributed by atoms with Crippen LogP contribution < -0.4 is 5.32 Å². The van der Waals surface area contributed by atoms with Gasteiger partial charge in [0.1, 0.15) is 0 Å². The molecule has 20 heavy (non-hydrogen) atoms. The quantitative estimate of drug-likeness (QED) is 0.781. The maximum Gasteiger partial charge on any atom is 0.389 e. The van der Waals surface area contributed by atoms with Crippen molar-refractivity contribution in [2.45, 2.75) is 71.3 Å². The Morgan fingerprint density at radius 1 is 1.35 bits per heavy atom. The third-order valence-electron chi connectivity index (χ3n) is 3.48. The summed E-state index contributed by atoms with van der Waals surface area (Å²) >= 11 is 0. The Kier molecular flexibility index (Phi) is 6.30. The van der Waals surface area contributed by atoms with E-state index in [9.17, 15) is 18.0 Å². The fraction of sp³-hybridized carbons (Fsp3) is 0.929. The fourth-order valence-corrected chi connectivity index (χ4v) is 2.62. The molecule has 2 atom stereocenters. The molecule has 1 saturated heterocycles. The van der Waals surface area contributed by atoms with Crippen LogP contribution >= 0.6 is 0 Å². The molecule has 118 valence electrons. The van der Waals surface area contributed by atoms with E-state index in [1.54, 1.807) is 4.90 Å². The Balaban J connectivity index is 2.57. The zero-order chi connectivity index (χ0) is 15.3. The third-order valence-corrected chi connectivity index (χ3v) is 3.48. The average Bonchev–Trinajstić information content (AvgIpc) is 2.56. The molecule has 3 nitrogen and oxygen atoms in total. The Morgan fingerprint density at radius 3 is 2.50 bits per heavy atom. The van der Waals surface area contributed by atoms with Gasteiger partial charge in [-0.3, -0.25) is 10.1 Å². The van der Waals surface area contributed by atoms with Gasteiger partial charge in [-0.1, -0.05) is 27.2 Å². The van der Waals surface area contributed by atoms with Gasteiger partial charge in [0, 0.05) is 13.0 Å². The van der Waals surface area contributed by atoms with Crippen LogP contribution in [0.5, 0.6) is 0 Å². The minimum absolute atomic E-state index is 0.0223. The number of amides is 1. The lowest BCUT2D eigenvalue weighted by atomic mass is 10.0. The molecule has 0 radical (unpaired) electrons.